The Labute approximate surface area is 76.7 Å². The summed E-state index contributed by atoms with van der Waals surface area (Å²) in [6.07, 6.45) is 0. The van der Waals surface area contributed by atoms with Crippen LogP contribution >= 0.6 is 0 Å². The molecule has 0 radical (unpaired) electrons. The molecule has 0 unspecified atom stereocenters. The maximum atomic E-state index is 9.53. The highest BCUT2D eigenvalue weighted by Crippen LogP contribution is 2.20. The van der Waals surface area contributed by atoms with Gasteiger partial charge in [-0.3, -0.25) is 0 Å². The van der Waals surface area contributed by atoms with Crippen molar-refractivity contribution in [3.63, 3.8) is 0 Å². The molecule has 1 aromatic rings. The topological polar surface area (TPSA) is 41.8 Å². The van der Waals surface area contributed by atoms with E-state index in [1.807, 2.05) is 19.1 Å². The van der Waals surface area contributed by atoms with Crippen molar-refractivity contribution >= 4 is 5.90 Å². The van der Waals surface area contributed by atoms with E-state index >= 15 is 0 Å². The third kappa shape index (κ3) is 1.49. The Morgan fingerprint density at radius 3 is 3.00 bits per heavy atom. The molecule has 0 bridgehead atoms. The lowest BCUT2D eigenvalue weighted by Crippen LogP contribution is -2.01. The zero-order valence-electron chi connectivity index (χ0n) is 7.45. The van der Waals surface area contributed by atoms with E-state index in [4.69, 9.17) is 4.74 Å². The number of phenols is 1. The number of ether oxygens (including phenoxy) is 1. The van der Waals surface area contributed by atoms with Crippen LogP contribution in [0.3, 0.4) is 0 Å². The van der Waals surface area contributed by atoms with Crippen LogP contribution in [0.15, 0.2) is 23.2 Å². The van der Waals surface area contributed by atoms with Gasteiger partial charge in [-0.1, -0.05) is 11.6 Å². The molecule has 0 amide bonds. The van der Waals surface area contributed by atoms with Gasteiger partial charge in [0.05, 0.1) is 12.1 Å². The molecule has 1 N–H and O–H groups in total. The average molecular weight is 177 g/mol. The summed E-state index contributed by atoms with van der Waals surface area (Å²) in [5.41, 5.74) is 1.78. The van der Waals surface area contributed by atoms with Crippen LogP contribution in [-0.4, -0.2) is 24.2 Å². The van der Waals surface area contributed by atoms with Gasteiger partial charge in [-0.15, -0.1) is 0 Å². The van der Waals surface area contributed by atoms with Crippen molar-refractivity contribution in [3.8, 4) is 5.75 Å². The van der Waals surface area contributed by atoms with E-state index in [0.717, 1.165) is 5.56 Å². The maximum absolute atomic E-state index is 9.53. The first-order valence-corrected chi connectivity index (χ1v) is 4.24. The van der Waals surface area contributed by atoms with E-state index in [1.165, 1.54) is 0 Å². The number of aryl methyl sites for hydroxylation is 1. The summed E-state index contributed by atoms with van der Waals surface area (Å²) in [5.74, 6) is 0.785. The van der Waals surface area contributed by atoms with E-state index < -0.39 is 0 Å². The highest BCUT2D eigenvalue weighted by Gasteiger charge is 2.13. The van der Waals surface area contributed by atoms with Crippen molar-refractivity contribution in [1.82, 2.24) is 0 Å². The molecule has 0 fully saturated rings. The Balaban J connectivity index is 2.43. The summed E-state index contributed by atoms with van der Waals surface area (Å²) >= 11 is 0. The second kappa shape index (κ2) is 3.09. The Kier molecular flexibility index (Phi) is 1.93. The maximum Gasteiger partial charge on any atom is 0.220 e. The van der Waals surface area contributed by atoms with Crippen LogP contribution in [0, 0.1) is 6.92 Å². The molecular weight excluding hydrogens is 166 g/mol. The number of hydrogen-bond acceptors (Lipinski definition) is 3. The fourth-order valence-electron chi connectivity index (χ4n) is 1.32. The molecule has 0 spiro atoms. The zero-order valence-corrected chi connectivity index (χ0v) is 7.45. The second-order valence-corrected chi connectivity index (χ2v) is 3.06. The van der Waals surface area contributed by atoms with Crippen LogP contribution in [0.1, 0.15) is 11.1 Å². The van der Waals surface area contributed by atoms with Gasteiger partial charge < -0.3 is 9.84 Å². The summed E-state index contributed by atoms with van der Waals surface area (Å²) in [6, 6.07) is 5.39. The first-order valence-electron chi connectivity index (χ1n) is 4.24. The lowest BCUT2D eigenvalue weighted by Gasteiger charge is -2.04. The lowest BCUT2D eigenvalue weighted by molar-refractivity contribution is 0.346. The predicted octanol–water partition coefficient (Wildman–Crippen LogP) is 1.48. The van der Waals surface area contributed by atoms with Crippen LogP contribution in [0.25, 0.3) is 0 Å². The molecule has 1 aromatic carbocycles. The number of benzene rings is 1. The number of nitrogens with zero attached hydrogens (tertiary/aromatic N) is 1. The fraction of sp³-hybridized carbons (Fsp3) is 0.300. The van der Waals surface area contributed by atoms with Crippen molar-refractivity contribution < 1.29 is 9.84 Å². The Morgan fingerprint density at radius 2 is 2.31 bits per heavy atom. The highest BCUT2D eigenvalue weighted by atomic mass is 16.5. The Hall–Kier alpha value is -1.51. The minimum atomic E-state index is 0.228. The summed E-state index contributed by atoms with van der Waals surface area (Å²) in [7, 11) is 0. The number of aromatic hydroxyl groups is 1. The van der Waals surface area contributed by atoms with E-state index in [0.29, 0.717) is 24.6 Å². The molecule has 0 saturated carbocycles. The molecule has 3 nitrogen and oxygen atoms in total. The van der Waals surface area contributed by atoms with Crippen LogP contribution in [0.5, 0.6) is 5.75 Å². The zero-order chi connectivity index (χ0) is 9.26. The summed E-state index contributed by atoms with van der Waals surface area (Å²) in [4.78, 5) is 4.14. The fourth-order valence-corrected chi connectivity index (χ4v) is 1.32. The second-order valence-electron chi connectivity index (χ2n) is 3.06. The quantitative estimate of drug-likeness (QED) is 0.705. The molecule has 0 atom stereocenters. The first kappa shape index (κ1) is 8.10. The molecule has 0 aromatic heterocycles. The molecular formula is C10H11NO2. The monoisotopic (exact) mass is 177 g/mol. The van der Waals surface area contributed by atoms with Gasteiger partial charge in [-0.2, -0.15) is 0 Å². The van der Waals surface area contributed by atoms with Crippen LogP contribution in [0.2, 0.25) is 0 Å². The Bertz CT molecular complexity index is 358. The largest absolute Gasteiger partial charge is 0.507 e. The molecule has 13 heavy (non-hydrogen) atoms. The smallest absolute Gasteiger partial charge is 0.220 e. The van der Waals surface area contributed by atoms with Gasteiger partial charge in [0.15, 0.2) is 0 Å². The van der Waals surface area contributed by atoms with E-state index in [9.17, 15) is 5.11 Å². The minimum absolute atomic E-state index is 0.228. The van der Waals surface area contributed by atoms with Gasteiger partial charge in [-0.05, 0) is 19.1 Å². The van der Waals surface area contributed by atoms with Crippen molar-refractivity contribution in [1.29, 1.82) is 0 Å². The van der Waals surface area contributed by atoms with Crippen molar-refractivity contribution in [2.24, 2.45) is 4.99 Å². The number of aliphatic imine (C=N–C) groups is 1. The predicted molar refractivity (Wildman–Crippen MR) is 50.2 cm³/mol. The third-order valence-corrected chi connectivity index (χ3v) is 1.97. The molecule has 68 valence electrons. The van der Waals surface area contributed by atoms with Gasteiger partial charge in [0.25, 0.3) is 0 Å². The summed E-state index contributed by atoms with van der Waals surface area (Å²) in [6.45, 7) is 3.27. The van der Waals surface area contributed by atoms with Crippen LogP contribution in [0.4, 0.5) is 0 Å². The number of rotatable bonds is 1. The average Bonchev–Trinajstić information content (AvgIpc) is 2.61. The molecule has 3 heteroatoms. The first-order chi connectivity index (χ1) is 6.27. The molecule has 1 heterocycles. The van der Waals surface area contributed by atoms with E-state index in [-0.39, 0.29) is 5.75 Å². The van der Waals surface area contributed by atoms with E-state index in [2.05, 4.69) is 4.99 Å². The Morgan fingerprint density at radius 1 is 1.46 bits per heavy atom. The van der Waals surface area contributed by atoms with Gasteiger partial charge >= 0.3 is 0 Å². The number of hydrogen-bond donors (Lipinski definition) is 1. The standard InChI is InChI=1S/C10H11NO2/c1-7-2-3-9(12)8(6-7)10-11-4-5-13-10/h2-3,6,12H,4-5H2,1H3. The van der Waals surface area contributed by atoms with Gasteiger partial charge in [0, 0.05) is 0 Å². The SMILES string of the molecule is Cc1ccc(O)c(C2=NCCO2)c1. The molecule has 0 aliphatic carbocycles. The van der Waals surface area contributed by atoms with Crippen molar-refractivity contribution in [3.05, 3.63) is 29.3 Å². The van der Waals surface area contributed by atoms with E-state index in [1.54, 1.807) is 6.07 Å². The molecule has 0 saturated heterocycles. The molecule has 2 rings (SSSR count). The highest BCUT2D eigenvalue weighted by molar-refractivity contribution is 5.97. The van der Waals surface area contributed by atoms with Crippen molar-refractivity contribution in [2.45, 2.75) is 6.92 Å². The van der Waals surface area contributed by atoms with Crippen LogP contribution in [-0.2, 0) is 4.74 Å². The normalized spacial score (nSPS) is 15.3. The molecule has 1 aliphatic heterocycles. The lowest BCUT2D eigenvalue weighted by atomic mass is 10.1. The molecule has 1 aliphatic rings. The summed E-state index contributed by atoms with van der Waals surface area (Å²) < 4.78 is 5.26. The van der Waals surface area contributed by atoms with Gasteiger partial charge in [-0.25, -0.2) is 4.99 Å². The van der Waals surface area contributed by atoms with Crippen molar-refractivity contribution in [2.75, 3.05) is 13.2 Å². The van der Waals surface area contributed by atoms with Gasteiger partial charge in [0.1, 0.15) is 12.4 Å². The summed E-state index contributed by atoms with van der Waals surface area (Å²) in [5, 5.41) is 9.53. The number of phenolic OH excluding ortho intramolecular Hbond substituents is 1. The minimum Gasteiger partial charge on any atom is -0.507 e. The van der Waals surface area contributed by atoms with Gasteiger partial charge in [0.2, 0.25) is 5.90 Å². The third-order valence-electron chi connectivity index (χ3n) is 1.97. The van der Waals surface area contributed by atoms with Crippen LogP contribution < -0.4 is 0 Å².